The first-order chi connectivity index (χ1) is 12.7. The van der Waals surface area contributed by atoms with Gasteiger partial charge in [0.1, 0.15) is 11.4 Å². The van der Waals surface area contributed by atoms with E-state index in [0.29, 0.717) is 16.3 Å². The molecule has 0 saturated heterocycles. The van der Waals surface area contributed by atoms with E-state index in [-0.39, 0.29) is 17.0 Å². The number of carbonyl (C=O) groups is 2. The van der Waals surface area contributed by atoms with Gasteiger partial charge in [0.2, 0.25) is 17.5 Å². The molecule has 0 saturated carbocycles. The van der Waals surface area contributed by atoms with E-state index >= 15 is 0 Å². The van der Waals surface area contributed by atoms with Gasteiger partial charge in [0.15, 0.2) is 10.4 Å². The van der Waals surface area contributed by atoms with Crippen molar-refractivity contribution in [3.05, 3.63) is 70.6 Å². The number of carbonyl (C=O) groups excluding carboxylic acids is 2. The highest BCUT2D eigenvalue weighted by Gasteiger charge is 2.35. The molecule has 4 aromatic rings. The average molecular weight is 359 g/mol. The fourth-order valence-corrected chi connectivity index (χ4v) is 3.73. The quantitative estimate of drug-likeness (QED) is 0.400. The summed E-state index contributed by atoms with van der Waals surface area (Å²) in [7, 11) is 0. The van der Waals surface area contributed by atoms with Crippen LogP contribution in [0.1, 0.15) is 25.9 Å². The molecule has 3 heterocycles. The third-order valence-electron chi connectivity index (χ3n) is 4.03. The summed E-state index contributed by atoms with van der Waals surface area (Å²) in [6.07, 6.45) is 4.36. The van der Waals surface area contributed by atoms with Gasteiger partial charge in [-0.3, -0.25) is 9.59 Å². The van der Waals surface area contributed by atoms with Gasteiger partial charge >= 0.3 is 0 Å². The Kier molecular flexibility index (Phi) is 3.16. The van der Waals surface area contributed by atoms with Crippen LogP contribution < -0.4 is 0 Å². The molecule has 0 bridgehead atoms. The minimum atomic E-state index is -0.402. The average Bonchev–Trinajstić information content (AvgIpc) is 3.30. The largest absolute Gasteiger partial charge is 0.435 e. The number of fused-ring (bicyclic) bond motifs is 2. The van der Waals surface area contributed by atoms with Crippen molar-refractivity contribution in [3.63, 3.8) is 0 Å². The minimum absolute atomic E-state index is 0.0679. The van der Waals surface area contributed by atoms with Crippen molar-refractivity contribution in [2.45, 2.75) is 0 Å². The van der Waals surface area contributed by atoms with Crippen LogP contribution in [-0.4, -0.2) is 26.5 Å². The van der Waals surface area contributed by atoms with Gasteiger partial charge in [0.05, 0.1) is 5.57 Å². The number of aromatic nitrogens is 3. The molecular formula is C19H9N3O3S. The third kappa shape index (κ3) is 2.21. The standard InChI is InChI=1S/C19H9N3O3S/c23-16-12(17(24)15-14(16)20-6-7-21-15)8-11-9-13-19(26-11)22-18(25-13)10-4-2-1-3-5-10/h1-9H. The number of oxazole rings is 1. The lowest BCUT2D eigenvalue weighted by Crippen LogP contribution is -2.00. The number of allylic oxidation sites excluding steroid dienone is 1. The Balaban J connectivity index is 1.53. The molecule has 0 amide bonds. The summed E-state index contributed by atoms with van der Waals surface area (Å²) < 4.78 is 5.79. The Morgan fingerprint density at radius 1 is 0.962 bits per heavy atom. The molecule has 0 radical (unpaired) electrons. The van der Waals surface area contributed by atoms with Gasteiger partial charge in [0.25, 0.3) is 0 Å². The van der Waals surface area contributed by atoms with Crippen LogP contribution in [-0.2, 0) is 0 Å². The Bertz CT molecular complexity index is 1150. The van der Waals surface area contributed by atoms with Gasteiger partial charge in [-0.05, 0) is 18.2 Å². The summed E-state index contributed by atoms with van der Waals surface area (Å²) in [6, 6.07) is 11.4. The predicted octanol–water partition coefficient (Wildman–Crippen LogP) is 3.81. The van der Waals surface area contributed by atoms with E-state index in [9.17, 15) is 9.59 Å². The molecule has 1 aliphatic rings. The van der Waals surface area contributed by atoms with Crippen LogP contribution in [0, 0.1) is 0 Å². The van der Waals surface area contributed by atoms with Crippen LogP contribution in [0.15, 0.2) is 58.8 Å². The molecule has 1 aliphatic carbocycles. The Morgan fingerprint density at radius 3 is 2.31 bits per heavy atom. The van der Waals surface area contributed by atoms with Crippen LogP contribution in [0.4, 0.5) is 0 Å². The van der Waals surface area contributed by atoms with E-state index in [2.05, 4.69) is 15.0 Å². The van der Waals surface area contributed by atoms with Crippen molar-refractivity contribution in [3.8, 4) is 11.5 Å². The van der Waals surface area contributed by atoms with E-state index in [1.807, 2.05) is 30.3 Å². The summed E-state index contributed by atoms with van der Waals surface area (Å²) in [6.45, 7) is 0. The van der Waals surface area contributed by atoms with Crippen molar-refractivity contribution in [1.82, 2.24) is 15.0 Å². The van der Waals surface area contributed by atoms with Crippen molar-refractivity contribution < 1.29 is 14.0 Å². The molecule has 124 valence electrons. The lowest BCUT2D eigenvalue weighted by atomic mass is 10.1. The number of Topliss-reactive ketones (excluding diaryl/α,β-unsaturated/α-hetero) is 2. The first kappa shape index (κ1) is 14.9. The molecule has 3 aromatic heterocycles. The molecule has 5 rings (SSSR count). The summed E-state index contributed by atoms with van der Waals surface area (Å²) in [5, 5.41) is 0. The van der Waals surface area contributed by atoms with Crippen LogP contribution in [0.3, 0.4) is 0 Å². The topological polar surface area (TPSA) is 86.0 Å². The molecule has 0 unspecified atom stereocenters. The lowest BCUT2D eigenvalue weighted by Gasteiger charge is -1.93. The van der Waals surface area contributed by atoms with Gasteiger partial charge in [-0.1, -0.05) is 18.2 Å². The summed E-state index contributed by atoms with van der Waals surface area (Å²) in [5.74, 6) is -0.262. The molecule has 7 heteroatoms. The highest BCUT2D eigenvalue weighted by atomic mass is 32.1. The third-order valence-corrected chi connectivity index (χ3v) is 4.99. The Hall–Kier alpha value is -3.45. The molecule has 26 heavy (non-hydrogen) atoms. The van der Waals surface area contributed by atoms with E-state index in [1.54, 1.807) is 12.1 Å². The smallest absolute Gasteiger partial charge is 0.228 e. The highest BCUT2D eigenvalue weighted by Crippen LogP contribution is 2.33. The SMILES string of the molecule is O=C1C(=Cc2cc3oc(-c4ccccc4)nc3s2)C(=O)c2nccnc21. The molecule has 0 N–H and O–H groups in total. The van der Waals surface area contributed by atoms with Crippen LogP contribution in [0.2, 0.25) is 0 Å². The van der Waals surface area contributed by atoms with E-state index in [1.165, 1.54) is 23.7 Å². The first-order valence-electron chi connectivity index (χ1n) is 7.78. The minimum Gasteiger partial charge on any atom is -0.435 e. The van der Waals surface area contributed by atoms with Crippen molar-refractivity contribution in [2.75, 3.05) is 0 Å². The molecule has 1 aromatic carbocycles. The molecule has 0 spiro atoms. The number of hydrogen-bond acceptors (Lipinski definition) is 7. The molecule has 0 fully saturated rings. The fourth-order valence-electron chi connectivity index (χ4n) is 2.83. The number of ketones is 2. The van der Waals surface area contributed by atoms with E-state index in [0.717, 1.165) is 10.4 Å². The second-order valence-corrected chi connectivity index (χ2v) is 6.74. The first-order valence-corrected chi connectivity index (χ1v) is 8.60. The summed E-state index contributed by atoms with van der Waals surface area (Å²) in [4.78, 5) is 38.6. The lowest BCUT2D eigenvalue weighted by molar-refractivity contribution is 0.0988. The normalized spacial score (nSPS) is 13.5. The number of thiophene rings is 1. The van der Waals surface area contributed by atoms with Crippen LogP contribution in [0.5, 0.6) is 0 Å². The zero-order valence-electron chi connectivity index (χ0n) is 13.2. The number of benzene rings is 1. The fraction of sp³-hybridized carbons (Fsp3) is 0. The van der Waals surface area contributed by atoms with Gasteiger partial charge in [-0.2, -0.15) is 4.98 Å². The van der Waals surface area contributed by atoms with Crippen molar-refractivity contribution >= 4 is 39.4 Å². The molecule has 0 aliphatic heterocycles. The molecule has 6 nitrogen and oxygen atoms in total. The molecular weight excluding hydrogens is 350 g/mol. The van der Waals surface area contributed by atoms with Gasteiger partial charge in [-0.15, -0.1) is 11.3 Å². The maximum Gasteiger partial charge on any atom is 0.228 e. The zero-order valence-corrected chi connectivity index (χ0v) is 14.0. The second kappa shape index (κ2) is 5.53. The second-order valence-electron chi connectivity index (χ2n) is 5.67. The monoisotopic (exact) mass is 359 g/mol. The van der Waals surface area contributed by atoms with Gasteiger partial charge in [0, 0.05) is 28.9 Å². The highest BCUT2D eigenvalue weighted by molar-refractivity contribution is 7.19. The van der Waals surface area contributed by atoms with E-state index < -0.39 is 11.6 Å². The Morgan fingerprint density at radius 2 is 1.65 bits per heavy atom. The number of hydrogen-bond donors (Lipinski definition) is 0. The van der Waals surface area contributed by atoms with Gasteiger partial charge in [-0.25, -0.2) is 9.97 Å². The number of nitrogens with zero attached hydrogens (tertiary/aromatic N) is 3. The van der Waals surface area contributed by atoms with E-state index in [4.69, 9.17) is 4.42 Å². The maximum atomic E-state index is 12.4. The molecule has 0 atom stereocenters. The zero-order chi connectivity index (χ0) is 17.7. The summed E-state index contributed by atoms with van der Waals surface area (Å²) in [5.41, 5.74) is 1.79. The van der Waals surface area contributed by atoms with Crippen LogP contribution >= 0.6 is 11.3 Å². The van der Waals surface area contributed by atoms with Crippen molar-refractivity contribution in [1.29, 1.82) is 0 Å². The van der Waals surface area contributed by atoms with Crippen molar-refractivity contribution in [2.24, 2.45) is 0 Å². The Labute approximate surface area is 150 Å². The van der Waals surface area contributed by atoms with Crippen LogP contribution in [0.25, 0.3) is 27.9 Å². The summed E-state index contributed by atoms with van der Waals surface area (Å²) >= 11 is 1.36. The predicted molar refractivity (Wildman–Crippen MR) is 96.0 cm³/mol. The maximum absolute atomic E-state index is 12.4. The van der Waals surface area contributed by atoms with Gasteiger partial charge < -0.3 is 4.42 Å². The number of rotatable bonds is 2.